The maximum absolute atomic E-state index is 12.8. The molecule has 0 aromatic carbocycles. The topological polar surface area (TPSA) is 25.8 Å². The van der Waals surface area contributed by atoms with Crippen molar-refractivity contribution in [1.29, 1.82) is 0 Å². The minimum absolute atomic E-state index is 0.00153. The first-order chi connectivity index (χ1) is 7.62. The van der Waals surface area contributed by atoms with Crippen LogP contribution in [0.25, 0.3) is 0 Å². The maximum atomic E-state index is 12.8. The summed E-state index contributed by atoms with van der Waals surface area (Å²) in [6.07, 6.45) is 8.09. The molecule has 0 radical (unpaired) electrons. The molecular formula is C13H21FN2. The quantitative estimate of drug-likeness (QED) is 0.733. The Bertz CT molecular complexity index is 310. The van der Waals surface area contributed by atoms with Crippen molar-refractivity contribution >= 4 is 0 Å². The lowest BCUT2D eigenvalue weighted by molar-refractivity contribution is 0.360. The molecule has 16 heavy (non-hydrogen) atoms. The van der Waals surface area contributed by atoms with Gasteiger partial charge in [-0.25, -0.2) is 14.4 Å². The minimum atomic E-state index is -0.363. The summed E-state index contributed by atoms with van der Waals surface area (Å²) in [5.74, 6) is 0.419. The highest BCUT2D eigenvalue weighted by molar-refractivity contribution is 5.06. The van der Waals surface area contributed by atoms with Gasteiger partial charge in [0.2, 0.25) is 0 Å². The van der Waals surface area contributed by atoms with Crippen molar-refractivity contribution in [2.45, 2.75) is 58.3 Å². The van der Waals surface area contributed by atoms with Crippen LogP contribution in [0.2, 0.25) is 0 Å². The number of halogens is 1. The number of hydrogen-bond acceptors (Lipinski definition) is 2. The molecule has 0 saturated carbocycles. The molecule has 0 aliphatic heterocycles. The zero-order chi connectivity index (χ0) is 12.0. The van der Waals surface area contributed by atoms with E-state index >= 15 is 0 Å². The van der Waals surface area contributed by atoms with Crippen LogP contribution >= 0.6 is 0 Å². The predicted molar refractivity (Wildman–Crippen MR) is 63.8 cm³/mol. The zero-order valence-electron chi connectivity index (χ0n) is 10.5. The Balaban J connectivity index is 2.86. The summed E-state index contributed by atoms with van der Waals surface area (Å²) in [6.45, 7) is 6.52. The third-order valence-electron chi connectivity index (χ3n) is 3.04. The van der Waals surface area contributed by atoms with Crippen molar-refractivity contribution in [2.24, 2.45) is 0 Å². The van der Waals surface area contributed by atoms with E-state index < -0.39 is 0 Å². The Morgan fingerprint density at radius 2 is 1.75 bits per heavy atom. The lowest BCUT2D eigenvalue weighted by atomic mass is 9.80. The molecule has 1 unspecified atom stereocenters. The van der Waals surface area contributed by atoms with E-state index in [1.807, 2.05) is 0 Å². The summed E-state index contributed by atoms with van der Waals surface area (Å²) in [4.78, 5) is 8.27. The van der Waals surface area contributed by atoms with E-state index in [0.29, 0.717) is 0 Å². The van der Waals surface area contributed by atoms with Crippen molar-refractivity contribution in [3.05, 3.63) is 24.0 Å². The molecule has 1 atom stereocenters. The third kappa shape index (κ3) is 3.26. The summed E-state index contributed by atoms with van der Waals surface area (Å²) in [6, 6.07) is 0. The smallest absolute Gasteiger partial charge is 0.159 e. The van der Waals surface area contributed by atoms with Crippen molar-refractivity contribution in [2.75, 3.05) is 0 Å². The molecule has 1 aromatic heterocycles. The standard InChI is InChI=1S/C13H21FN2/c1-4-6-8-13(3,7-5-2)12-15-9-11(14)10-16-12/h9-10H,4-8H2,1-3H3. The van der Waals surface area contributed by atoms with Crippen molar-refractivity contribution in [3.63, 3.8) is 0 Å². The third-order valence-corrected chi connectivity index (χ3v) is 3.04. The number of rotatable bonds is 6. The minimum Gasteiger partial charge on any atom is -0.238 e. The van der Waals surface area contributed by atoms with E-state index in [1.165, 1.54) is 18.8 Å². The van der Waals surface area contributed by atoms with Gasteiger partial charge >= 0.3 is 0 Å². The van der Waals surface area contributed by atoms with Gasteiger partial charge in [0.05, 0.1) is 12.4 Å². The largest absolute Gasteiger partial charge is 0.238 e. The van der Waals surface area contributed by atoms with Gasteiger partial charge in [-0.3, -0.25) is 0 Å². The van der Waals surface area contributed by atoms with Crippen LogP contribution < -0.4 is 0 Å². The van der Waals surface area contributed by atoms with Gasteiger partial charge in [0.1, 0.15) is 5.82 Å². The summed E-state index contributed by atoms with van der Waals surface area (Å²) >= 11 is 0. The van der Waals surface area contributed by atoms with Crippen LogP contribution in [0.1, 0.15) is 58.7 Å². The lowest BCUT2D eigenvalue weighted by Crippen LogP contribution is -2.24. The molecule has 0 amide bonds. The zero-order valence-corrected chi connectivity index (χ0v) is 10.5. The van der Waals surface area contributed by atoms with Gasteiger partial charge in [-0.05, 0) is 12.8 Å². The molecular weight excluding hydrogens is 203 g/mol. The lowest BCUT2D eigenvalue weighted by Gasteiger charge is -2.27. The first-order valence-electron chi connectivity index (χ1n) is 6.10. The SMILES string of the molecule is CCCCC(C)(CCC)c1ncc(F)cn1. The molecule has 90 valence electrons. The van der Waals surface area contributed by atoms with Gasteiger partial charge in [-0.15, -0.1) is 0 Å². The molecule has 0 N–H and O–H groups in total. The molecule has 0 bridgehead atoms. The Kier molecular flexibility index (Phi) is 4.84. The highest BCUT2D eigenvalue weighted by Gasteiger charge is 2.27. The molecule has 3 heteroatoms. The molecule has 1 rings (SSSR count). The van der Waals surface area contributed by atoms with Crippen molar-refractivity contribution < 1.29 is 4.39 Å². The van der Waals surface area contributed by atoms with Crippen LogP contribution in [-0.2, 0) is 5.41 Å². The average Bonchev–Trinajstić information content (AvgIpc) is 2.27. The van der Waals surface area contributed by atoms with E-state index in [2.05, 4.69) is 30.7 Å². The number of nitrogens with zero attached hydrogens (tertiary/aromatic N) is 2. The second-order valence-corrected chi connectivity index (χ2v) is 4.64. The molecule has 2 nitrogen and oxygen atoms in total. The van der Waals surface area contributed by atoms with Gasteiger partial charge < -0.3 is 0 Å². The van der Waals surface area contributed by atoms with Crippen molar-refractivity contribution in [3.8, 4) is 0 Å². The summed E-state index contributed by atoms with van der Waals surface area (Å²) in [7, 11) is 0. The fourth-order valence-electron chi connectivity index (χ4n) is 2.09. The van der Waals surface area contributed by atoms with Gasteiger partial charge in [0.25, 0.3) is 0 Å². The normalized spacial score (nSPS) is 14.8. The molecule has 0 aliphatic rings. The van der Waals surface area contributed by atoms with Crippen LogP contribution in [0.15, 0.2) is 12.4 Å². The second-order valence-electron chi connectivity index (χ2n) is 4.64. The van der Waals surface area contributed by atoms with Gasteiger partial charge in [0, 0.05) is 5.41 Å². The molecule has 1 heterocycles. The fourth-order valence-corrected chi connectivity index (χ4v) is 2.09. The molecule has 0 spiro atoms. The first-order valence-corrected chi connectivity index (χ1v) is 6.10. The Labute approximate surface area is 97.3 Å². The van der Waals surface area contributed by atoms with Crippen LogP contribution in [0, 0.1) is 5.82 Å². The maximum Gasteiger partial charge on any atom is 0.159 e. The van der Waals surface area contributed by atoms with E-state index in [-0.39, 0.29) is 11.2 Å². The van der Waals surface area contributed by atoms with E-state index in [4.69, 9.17) is 0 Å². The van der Waals surface area contributed by atoms with E-state index in [1.54, 1.807) is 0 Å². The highest BCUT2D eigenvalue weighted by Crippen LogP contribution is 2.31. The summed E-state index contributed by atoms with van der Waals surface area (Å²) < 4.78 is 12.8. The van der Waals surface area contributed by atoms with Gasteiger partial charge in [-0.1, -0.05) is 40.0 Å². The molecule has 0 aliphatic carbocycles. The predicted octanol–water partition coefficient (Wildman–Crippen LogP) is 3.86. The van der Waals surface area contributed by atoms with Crippen LogP contribution in [0.3, 0.4) is 0 Å². The van der Waals surface area contributed by atoms with E-state index in [9.17, 15) is 4.39 Å². The van der Waals surface area contributed by atoms with Crippen molar-refractivity contribution in [1.82, 2.24) is 9.97 Å². The fraction of sp³-hybridized carbons (Fsp3) is 0.692. The average molecular weight is 224 g/mol. The molecule has 0 saturated heterocycles. The van der Waals surface area contributed by atoms with Gasteiger partial charge in [0.15, 0.2) is 5.82 Å². The Morgan fingerprint density at radius 3 is 2.25 bits per heavy atom. The summed E-state index contributed by atoms with van der Waals surface area (Å²) in [5, 5.41) is 0. The monoisotopic (exact) mass is 224 g/mol. The van der Waals surface area contributed by atoms with Crippen LogP contribution in [0.4, 0.5) is 4.39 Å². The molecule has 0 fully saturated rings. The van der Waals surface area contributed by atoms with E-state index in [0.717, 1.165) is 31.5 Å². The first kappa shape index (κ1) is 13.1. The number of unbranched alkanes of at least 4 members (excludes halogenated alkanes) is 1. The summed E-state index contributed by atoms with van der Waals surface area (Å²) in [5.41, 5.74) is -0.00153. The number of aromatic nitrogens is 2. The van der Waals surface area contributed by atoms with Crippen LogP contribution in [-0.4, -0.2) is 9.97 Å². The van der Waals surface area contributed by atoms with Crippen LogP contribution in [0.5, 0.6) is 0 Å². The Hall–Kier alpha value is -0.990. The molecule has 1 aromatic rings. The Morgan fingerprint density at radius 1 is 1.12 bits per heavy atom. The van der Waals surface area contributed by atoms with Gasteiger partial charge in [-0.2, -0.15) is 0 Å². The second kappa shape index (κ2) is 5.92. The number of hydrogen-bond donors (Lipinski definition) is 0. The highest BCUT2D eigenvalue weighted by atomic mass is 19.1.